The summed E-state index contributed by atoms with van der Waals surface area (Å²) in [6.07, 6.45) is 2.80. The average Bonchev–Trinajstić information content (AvgIpc) is 2.03. The maximum absolute atomic E-state index is 5.21. The summed E-state index contributed by atoms with van der Waals surface area (Å²) in [5.41, 5.74) is 0. The van der Waals surface area contributed by atoms with Crippen molar-refractivity contribution in [3.8, 4) is 0 Å². The maximum atomic E-state index is 5.21. The highest BCUT2D eigenvalue weighted by Crippen LogP contribution is 2.09. The molecule has 0 amide bonds. The zero-order valence-corrected chi connectivity index (χ0v) is 8.39. The third-order valence-corrected chi connectivity index (χ3v) is 1.52. The normalized spacial score (nSPS) is 12.1. The molecule has 1 unspecified atom stereocenters. The summed E-state index contributed by atoms with van der Waals surface area (Å²) in [6.45, 7) is 12.6. The Morgan fingerprint density at radius 1 is 1.27 bits per heavy atom. The lowest BCUT2D eigenvalue weighted by Gasteiger charge is -2.14. The highest BCUT2D eigenvalue weighted by molar-refractivity contribution is 4.56. The maximum Gasteiger partial charge on any atom is 0.0571 e. The van der Waals surface area contributed by atoms with E-state index in [1.54, 1.807) is 7.11 Å². The van der Waals surface area contributed by atoms with Crippen LogP contribution < -0.4 is 0 Å². The number of methoxy groups -OCH3 is 1. The molecule has 11 heavy (non-hydrogen) atoms. The molecule has 0 saturated carbocycles. The minimum absolute atomic E-state index is 0.477. The van der Waals surface area contributed by atoms with Crippen LogP contribution in [0.4, 0.5) is 0 Å². The first kappa shape index (κ1) is 13.3. The van der Waals surface area contributed by atoms with Gasteiger partial charge in [-0.2, -0.15) is 0 Å². The Balaban J connectivity index is 0. The quantitative estimate of drug-likeness (QED) is 0.571. The van der Waals surface area contributed by atoms with Crippen molar-refractivity contribution >= 4 is 0 Å². The van der Waals surface area contributed by atoms with Gasteiger partial charge in [0.1, 0.15) is 0 Å². The largest absolute Gasteiger partial charge is 0.381 e. The molecule has 1 heteroatoms. The van der Waals surface area contributed by atoms with Crippen LogP contribution >= 0.6 is 0 Å². The number of hydrogen-bond donors (Lipinski definition) is 0. The molecule has 1 atom stereocenters. The lowest BCUT2D eigenvalue weighted by atomic mass is 10.0. The summed E-state index contributed by atoms with van der Waals surface area (Å²) in [7, 11) is 1.79. The van der Waals surface area contributed by atoms with Crippen LogP contribution in [0.5, 0.6) is 0 Å². The van der Waals surface area contributed by atoms with E-state index in [1.807, 2.05) is 0 Å². The van der Waals surface area contributed by atoms with Crippen molar-refractivity contribution in [2.24, 2.45) is 5.92 Å². The van der Waals surface area contributed by atoms with Crippen LogP contribution in [0.1, 0.15) is 33.6 Å². The van der Waals surface area contributed by atoms with Gasteiger partial charge in [0.05, 0.1) is 6.10 Å². The van der Waals surface area contributed by atoms with Crippen molar-refractivity contribution in [2.75, 3.05) is 7.11 Å². The molecule has 0 aromatic carbocycles. The molecule has 0 aliphatic heterocycles. The zero-order valence-electron chi connectivity index (χ0n) is 8.39. The molecule has 0 fully saturated rings. The third kappa shape index (κ3) is 9.70. The molecule has 0 rings (SSSR count). The van der Waals surface area contributed by atoms with E-state index in [4.69, 9.17) is 4.74 Å². The molecule has 0 N–H and O–H groups in total. The second-order valence-corrected chi connectivity index (χ2v) is 2.90. The fourth-order valence-corrected chi connectivity index (χ4v) is 0.955. The average molecular weight is 158 g/mol. The molecule has 0 aliphatic carbocycles. The van der Waals surface area contributed by atoms with Crippen molar-refractivity contribution in [1.82, 2.24) is 0 Å². The molecule has 1 nitrogen and oxygen atoms in total. The summed E-state index contributed by atoms with van der Waals surface area (Å²) in [5, 5.41) is 0. The minimum Gasteiger partial charge on any atom is -0.381 e. The van der Waals surface area contributed by atoms with E-state index in [2.05, 4.69) is 33.9 Å². The summed E-state index contributed by atoms with van der Waals surface area (Å²) >= 11 is 0. The van der Waals surface area contributed by atoms with E-state index in [-0.39, 0.29) is 0 Å². The first-order valence-corrected chi connectivity index (χ1v) is 4.23. The van der Waals surface area contributed by atoms with Crippen LogP contribution in [0.25, 0.3) is 0 Å². The topological polar surface area (TPSA) is 9.23 Å². The summed E-state index contributed by atoms with van der Waals surface area (Å²) in [4.78, 5) is 0. The van der Waals surface area contributed by atoms with Crippen molar-refractivity contribution < 1.29 is 4.74 Å². The van der Waals surface area contributed by atoms with E-state index in [0.29, 0.717) is 6.10 Å². The van der Waals surface area contributed by atoms with Gasteiger partial charge in [0.2, 0.25) is 0 Å². The lowest BCUT2D eigenvalue weighted by Crippen LogP contribution is -2.11. The Bertz CT molecular complexity index is 65.3. The Morgan fingerprint density at radius 2 is 1.73 bits per heavy atom. The van der Waals surface area contributed by atoms with Crippen LogP contribution in [0.3, 0.4) is 0 Å². The molecule has 0 heterocycles. The first-order chi connectivity index (χ1) is 5.20. The molecule has 0 saturated heterocycles. The number of hydrogen-bond acceptors (Lipinski definition) is 1. The van der Waals surface area contributed by atoms with Gasteiger partial charge in [-0.25, -0.2) is 0 Å². The number of rotatable bonds is 4. The summed E-state index contributed by atoms with van der Waals surface area (Å²) in [6, 6.07) is 0. The fourth-order valence-electron chi connectivity index (χ4n) is 0.955. The van der Waals surface area contributed by atoms with Gasteiger partial charge in [-0.05, 0) is 18.8 Å². The van der Waals surface area contributed by atoms with E-state index < -0.39 is 0 Å². The van der Waals surface area contributed by atoms with E-state index in [0.717, 1.165) is 12.3 Å². The molecule has 0 bridgehead atoms. The van der Waals surface area contributed by atoms with Crippen molar-refractivity contribution in [3.05, 3.63) is 13.2 Å². The van der Waals surface area contributed by atoms with Gasteiger partial charge in [-0.3, -0.25) is 0 Å². The predicted molar refractivity (Wildman–Crippen MR) is 51.8 cm³/mol. The molecule has 0 aromatic heterocycles. The molecule has 0 spiro atoms. The van der Waals surface area contributed by atoms with Crippen molar-refractivity contribution in [2.45, 2.75) is 39.7 Å². The second kappa shape index (κ2) is 9.70. The first-order valence-electron chi connectivity index (χ1n) is 4.23. The molecule has 0 radical (unpaired) electrons. The summed E-state index contributed by atoms with van der Waals surface area (Å²) in [5.74, 6) is 0.759. The van der Waals surface area contributed by atoms with Crippen LogP contribution in [-0.2, 0) is 4.74 Å². The van der Waals surface area contributed by atoms with Crippen LogP contribution in [-0.4, -0.2) is 13.2 Å². The summed E-state index contributed by atoms with van der Waals surface area (Å²) < 4.78 is 5.21. The highest BCUT2D eigenvalue weighted by Gasteiger charge is 2.05. The van der Waals surface area contributed by atoms with Crippen molar-refractivity contribution in [3.63, 3.8) is 0 Å². The second-order valence-electron chi connectivity index (χ2n) is 2.90. The van der Waals surface area contributed by atoms with E-state index in [9.17, 15) is 0 Å². The van der Waals surface area contributed by atoms with Gasteiger partial charge in [-0.1, -0.05) is 20.8 Å². The Hall–Kier alpha value is -0.300. The zero-order chi connectivity index (χ0) is 9.28. The van der Waals surface area contributed by atoms with Gasteiger partial charge >= 0.3 is 0 Å². The van der Waals surface area contributed by atoms with Crippen LogP contribution in [0, 0.1) is 5.92 Å². The van der Waals surface area contributed by atoms with Crippen LogP contribution in [0.15, 0.2) is 13.2 Å². The third-order valence-electron chi connectivity index (χ3n) is 1.52. The Labute approximate surface area is 71.5 Å². The van der Waals surface area contributed by atoms with Gasteiger partial charge < -0.3 is 4.74 Å². The minimum atomic E-state index is 0.477. The lowest BCUT2D eigenvalue weighted by molar-refractivity contribution is 0.0815. The number of ether oxygens (including phenoxy) is 1. The highest BCUT2D eigenvalue weighted by atomic mass is 16.5. The van der Waals surface area contributed by atoms with Crippen LogP contribution in [0.2, 0.25) is 0 Å². The molecule has 0 aliphatic rings. The predicted octanol–water partition coefficient (Wildman–Crippen LogP) is 3.26. The SMILES string of the molecule is C=C.CCC(CC(C)C)OC. The van der Waals surface area contributed by atoms with E-state index >= 15 is 0 Å². The Morgan fingerprint density at radius 3 is 1.82 bits per heavy atom. The molecular weight excluding hydrogens is 136 g/mol. The smallest absolute Gasteiger partial charge is 0.0571 e. The van der Waals surface area contributed by atoms with E-state index in [1.165, 1.54) is 6.42 Å². The monoisotopic (exact) mass is 158 g/mol. The molecule has 0 aromatic rings. The molecule has 68 valence electrons. The van der Waals surface area contributed by atoms with Gasteiger partial charge in [0.25, 0.3) is 0 Å². The Kier molecular flexibility index (Phi) is 11.7. The fraction of sp³-hybridized carbons (Fsp3) is 0.800. The van der Waals surface area contributed by atoms with Gasteiger partial charge in [0.15, 0.2) is 0 Å². The van der Waals surface area contributed by atoms with Crippen molar-refractivity contribution in [1.29, 1.82) is 0 Å². The standard InChI is InChI=1S/C8H18O.C2H4/c1-5-8(9-4)6-7(2)3;1-2/h7-8H,5-6H2,1-4H3;1-2H2. The van der Waals surface area contributed by atoms with Gasteiger partial charge in [0, 0.05) is 7.11 Å². The van der Waals surface area contributed by atoms with Gasteiger partial charge in [-0.15, -0.1) is 13.2 Å². The molecular formula is C10H22O.